The Balaban J connectivity index is 1.75. The fraction of sp³-hybridized carbons (Fsp3) is 0.588. The number of rotatable bonds is 1. The summed E-state index contributed by atoms with van der Waals surface area (Å²) < 4.78 is 5.57. The summed E-state index contributed by atoms with van der Waals surface area (Å²) in [6.45, 7) is 6.57. The van der Waals surface area contributed by atoms with Gasteiger partial charge in [-0.15, -0.1) is 0 Å². The van der Waals surface area contributed by atoms with E-state index in [2.05, 4.69) is 24.3 Å². The van der Waals surface area contributed by atoms with Crippen LogP contribution in [0.25, 0.3) is 0 Å². The molecule has 2 fully saturated rings. The Morgan fingerprint density at radius 3 is 2.45 bits per heavy atom. The predicted molar refractivity (Wildman–Crippen MR) is 78.7 cm³/mol. The molecule has 2 aliphatic rings. The molecule has 1 heterocycles. The lowest BCUT2D eigenvalue weighted by Crippen LogP contribution is -2.41. The van der Waals surface area contributed by atoms with Crippen LogP contribution in [0.15, 0.2) is 30.3 Å². The second kappa shape index (κ2) is 4.51. The fourth-order valence-electron chi connectivity index (χ4n) is 3.20. The number of nitrogens with zero attached hydrogens (tertiary/aromatic N) is 1. The minimum atomic E-state index is -0.419. The highest BCUT2D eigenvalue weighted by molar-refractivity contribution is 5.70. The third-order valence-electron chi connectivity index (χ3n) is 4.31. The Hall–Kier alpha value is -1.51. The molecule has 0 aromatic heterocycles. The molecule has 1 aliphatic heterocycles. The lowest BCUT2D eigenvalue weighted by atomic mass is 9.96. The van der Waals surface area contributed by atoms with Gasteiger partial charge in [0.05, 0.1) is 0 Å². The highest BCUT2D eigenvalue weighted by Crippen LogP contribution is 2.54. The van der Waals surface area contributed by atoms with Gasteiger partial charge in [-0.1, -0.05) is 30.3 Å². The van der Waals surface area contributed by atoms with Crippen molar-refractivity contribution in [2.24, 2.45) is 0 Å². The van der Waals surface area contributed by atoms with Crippen LogP contribution >= 0.6 is 0 Å². The van der Waals surface area contributed by atoms with Crippen LogP contribution in [0.2, 0.25) is 0 Å². The molecule has 1 spiro atoms. The van der Waals surface area contributed by atoms with E-state index in [1.165, 1.54) is 5.56 Å². The standard InChI is InChI=1S/C17H23NO2/c1-16(2,3)20-15(19)18-12-14(11-17(18)9-10-17)13-7-5-4-6-8-13/h4-8,14H,9-12H2,1-3H3/t14-/m0/s1. The zero-order valence-electron chi connectivity index (χ0n) is 12.6. The van der Waals surface area contributed by atoms with Crippen molar-refractivity contribution < 1.29 is 9.53 Å². The molecule has 1 aliphatic carbocycles. The van der Waals surface area contributed by atoms with Gasteiger partial charge in [-0.2, -0.15) is 0 Å². The number of hydrogen-bond acceptors (Lipinski definition) is 2. The average Bonchev–Trinajstić information content (AvgIpc) is 3.01. The van der Waals surface area contributed by atoms with Crippen molar-refractivity contribution >= 4 is 6.09 Å². The summed E-state index contributed by atoms with van der Waals surface area (Å²) in [5.41, 5.74) is 1.01. The molecule has 108 valence electrons. The molecule has 1 amide bonds. The number of benzene rings is 1. The third kappa shape index (κ3) is 2.54. The smallest absolute Gasteiger partial charge is 0.410 e. The Morgan fingerprint density at radius 1 is 1.25 bits per heavy atom. The molecule has 3 rings (SSSR count). The molecule has 0 bridgehead atoms. The van der Waals surface area contributed by atoms with Gasteiger partial charge in [0.15, 0.2) is 0 Å². The number of likely N-dealkylation sites (tertiary alicyclic amines) is 1. The average molecular weight is 273 g/mol. The van der Waals surface area contributed by atoms with Gasteiger partial charge in [0.2, 0.25) is 0 Å². The molecule has 1 atom stereocenters. The van der Waals surface area contributed by atoms with Crippen LogP contribution < -0.4 is 0 Å². The lowest BCUT2D eigenvalue weighted by molar-refractivity contribution is 0.0202. The number of ether oxygens (including phenoxy) is 1. The maximum absolute atomic E-state index is 12.4. The van der Waals surface area contributed by atoms with Crippen molar-refractivity contribution in [3.8, 4) is 0 Å². The summed E-state index contributed by atoms with van der Waals surface area (Å²) in [7, 11) is 0. The van der Waals surface area contributed by atoms with Gasteiger partial charge in [0.25, 0.3) is 0 Å². The summed E-state index contributed by atoms with van der Waals surface area (Å²) in [5.74, 6) is 0.450. The number of hydrogen-bond donors (Lipinski definition) is 0. The molecule has 1 saturated carbocycles. The van der Waals surface area contributed by atoms with Crippen LogP contribution in [0.5, 0.6) is 0 Å². The van der Waals surface area contributed by atoms with E-state index in [0.29, 0.717) is 5.92 Å². The van der Waals surface area contributed by atoms with Gasteiger partial charge < -0.3 is 9.64 Å². The fourth-order valence-corrected chi connectivity index (χ4v) is 3.20. The zero-order valence-corrected chi connectivity index (χ0v) is 12.6. The molecule has 1 aromatic rings. The van der Waals surface area contributed by atoms with Crippen molar-refractivity contribution in [1.29, 1.82) is 0 Å². The second-order valence-electron chi connectivity index (χ2n) is 7.13. The maximum atomic E-state index is 12.4. The van der Waals surface area contributed by atoms with Crippen LogP contribution in [0, 0.1) is 0 Å². The number of carbonyl (C=O) groups is 1. The summed E-state index contributed by atoms with van der Waals surface area (Å²) in [5, 5.41) is 0. The molecule has 3 nitrogen and oxygen atoms in total. The van der Waals surface area contributed by atoms with E-state index in [0.717, 1.165) is 25.8 Å². The Labute approximate surface area is 120 Å². The molecule has 0 unspecified atom stereocenters. The van der Waals surface area contributed by atoms with Crippen molar-refractivity contribution in [1.82, 2.24) is 4.90 Å². The quantitative estimate of drug-likeness (QED) is 0.775. The minimum absolute atomic E-state index is 0.0862. The normalized spacial score (nSPS) is 23.9. The van der Waals surface area contributed by atoms with Crippen LogP contribution in [0.1, 0.15) is 51.5 Å². The summed E-state index contributed by atoms with van der Waals surface area (Å²) in [4.78, 5) is 14.4. The lowest BCUT2D eigenvalue weighted by Gasteiger charge is -2.28. The largest absolute Gasteiger partial charge is 0.444 e. The molecule has 3 heteroatoms. The van der Waals surface area contributed by atoms with Gasteiger partial charge in [-0.05, 0) is 45.6 Å². The van der Waals surface area contributed by atoms with Crippen molar-refractivity contribution in [2.75, 3.05) is 6.54 Å². The molecular weight excluding hydrogens is 250 g/mol. The molecule has 0 N–H and O–H groups in total. The van der Waals surface area contributed by atoms with Crippen molar-refractivity contribution in [3.63, 3.8) is 0 Å². The summed E-state index contributed by atoms with van der Waals surface area (Å²) >= 11 is 0. The van der Waals surface area contributed by atoms with E-state index >= 15 is 0 Å². The number of amides is 1. The van der Waals surface area contributed by atoms with E-state index in [9.17, 15) is 4.79 Å². The van der Waals surface area contributed by atoms with E-state index in [4.69, 9.17) is 4.74 Å². The van der Waals surface area contributed by atoms with E-state index in [1.54, 1.807) is 0 Å². The van der Waals surface area contributed by atoms with Crippen LogP contribution in [0.3, 0.4) is 0 Å². The Morgan fingerprint density at radius 2 is 1.90 bits per heavy atom. The minimum Gasteiger partial charge on any atom is -0.444 e. The Kier molecular flexibility index (Phi) is 3.03. The van der Waals surface area contributed by atoms with Gasteiger partial charge in [0, 0.05) is 18.0 Å². The molecular formula is C17H23NO2. The van der Waals surface area contributed by atoms with Gasteiger partial charge in [-0.25, -0.2) is 4.79 Å². The van der Waals surface area contributed by atoms with E-state index < -0.39 is 5.60 Å². The highest BCUT2D eigenvalue weighted by atomic mass is 16.6. The molecule has 1 saturated heterocycles. The zero-order chi connectivity index (χ0) is 14.4. The first kappa shape index (κ1) is 13.5. The predicted octanol–water partition coefficient (Wildman–Crippen LogP) is 3.94. The molecule has 20 heavy (non-hydrogen) atoms. The third-order valence-corrected chi connectivity index (χ3v) is 4.31. The Bertz CT molecular complexity index is 499. The van der Waals surface area contributed by atoms with Crippen LogP contribution in [-0.4, -0.2) is 28.7 Å². The van der Waals surface area contributed by atoms with Crippen LogP contribution in [-0.2, 0) is 4.74 Å². The molecule has 0 radical (unpaired) electrons. The monoisotopic (exact) mass is 273 g/mol. The van der Waals surface area contributed by atoms with Crippen molar-refractivity contribution in [2.45, 2.75) is 57.1 Å². The summed E-state index contributed by atoms with van der Waals surface area (Å²) in [6.07, 6.45) is 3.18. The maximum Gasteiger partial charge on any atom is 0.410 e. The first-order chi connectivity index (χ1) is 9.40. The van der Waals surface area contributed by atoms with E-state index in [-0.39, 0.29) is 11.6 Å². The SMILES string of the molecule is CC(C)(C)OC(=O)N1C[C@@H](c2ccccc2)CC12CC2. The topological polar surface area (TPSA) is 29.5 Å². The number of carbonyl (C=O) groups excluding carboxylic acids is 1. The van der Waals surface area contributed by atoms with Gasteiger partial charge in [0.1, 0.15) is 5.60 Å². The summed E-state index contributed by atoms with van der Waals surface area (Å²) in [6, 6.07) is 10.5. The molecule has 1 aromatic carbocycles. The van der Waals surface area contributed by atoms with Gasteiger partial charge >= 0.3 is 6.09 Å². The first-order valence-electron chi connectivity index (χ1n) is 7.45. The van der Waals surface area contributed by atoms with Crippen LogP contribution in [0.4, 0.5) is 4.79 Å². The van der Waals surface area contributed by atoms with Gasteiger partial charge in [-0.3, -0.25) is 0 Å². The second-order valence-corrected chi connectivity index (χ2v) is 7.13. The first-order valence-corrected chi connectivity index (χ1v) is 7.45. The van der Waals surface area contributed by atoms with Crippen molar-refractivity contribution in [3.05, 3.63) is 35.9 Å². The van der Waals surface area contributed by atoms with E-state index in [1.807, 2.05) is 31.7 Å². The highest BCUT2D eigenvalue weighted by Gasteiger charge is 2.57.